The molecule has 0 spiro atoms. The summed E-state index contributed by atoms with van der Waals surface area (Å²) in [6.07, 6.45) is -1.51. The molecule has 2 rings (SSSR count). The van der Waals surface area contributed by atoms with E-state index in [0.29, 0.717) is 5.56 Å². The number of nitrogens with zero attached hydrogens (tertiary/aromatic N) is 1. The Morgan fingerprint density at radius 3 is 2.78 bits per heavy atom. The van der Waals surface area contributed by atoms with Gasteiger partial charge in [0.25, 0.3) is 5.56 Å². The smallest absolute Gasteiger partial charge is 0.330 e. The van der Waals surface area contributed by atoms with Crippen molar-refractivity contribution < 1.29 is 14.9 Å². The van der Waals surface area contributed by atoms with E-state index in [0.717, 1.165) is 4.57 Å². The lowest BCUT2D eigenvalue weighted by atomic mass is 10.1. The van der Waals surface area contributed by atoms with Crippen LogP contribution in [-0.2, 0) is 4.74 Å². The minimum atomic E-state index is -1.07. The van der Waals surface area contributed by atoms with E-state index in [1.165, 1.54) is 13.1 Å². The first kappa shape index (κ1) is 13.0. The van der Waals surface area contributed by atoms with E-state index >= 15 is 0 Å². The maximum absolute atomic E-state index is 11.7. The summed E-state index contributed by atoms with van der Waals surface area (Å²) in [5, 5.41) is 18.7. The van der Waals surface area contributed by atoms with Gasteiger partial charge < -0.3 is 20.7 Å². The van der Waals surface area contributed by atoms with Crippen molar-refractivity contribution >= 4 is 0 Å². The molecule has 1 aliphatic rings. The van der Waals surface area contributed by atoms with E-state index in [9.17, 15) is 14.7 Å². The van der Waals surface area contributed by atoms with Gasteiger partial charge >= 0.3 is 5.69 Å². The highest BCUT2D eigenvalue weighted by Gasteiger charge is 2.42. The maximum Gasteiger partial charge on any atom is 0.330 e. The van der Waals surface area contributed by atoms with Crippen LogP contribution in [0.2, 0.25) is 0 Å². The zero-order valence-corrected chi connectivity index (χ0v) is 9.74. The molecule has 1 saturated heterocycles. The third-order valence-electron chi connectivity index (χ3n) is 3.02. The minimum absolute atomic E-state index is 0.326. The van der Waals surface area contributed by atoms with Gasteiger partial charge in [-0.15, -0.1) is 0 Å². The van der Waals surface area contributed by atoms with Crippen LogP contribution in [0.25, 0.3) is 0 Å². The number of hydrogen-bond donors (Lipinski definition) is 4. The van der Waals surface area contributed by atoms with Crippen LogP contribution >= 0.6 is 0 Å². The first-order valence-electron chi connectivity index (χ1n) is 5.47. The molecule has 100 valence electrons. The van der Waals surface area contributed by atoms with Crippen molar-refractivity contribution in [1.29, 1.82) is 0 Å². The molecule has 0 aromatic carbocycles. The number of H-pyrrole nitrogens is 1. The molecule has 2 unspecified atom stereocenters. The molecular weight excluding hydrogens is 242 g/mol. The number of aromatic amines is 1. The predicted octanol–water partition coefficient (Wildman–Crippen LogP) is -2.58. The molecule has 0 aliphatic carbocycles. The van der Waals surface area contributed by atoms with Gasteiger partial charge in [-0.05, 0) is 6.92 Å². The molecule has 1 aromatic rings. The monoisotopic (exact) mass is 257 g/mol. The topological polar surface area (TPSA) is 131 Å². The Balaban J connectivity index is 2.42. The molecule has 0 bridgehead atoms. The molecule has 0 radical (unpaired) electrons. The molecule has 0 amide bonds. The Bertz CT molecular complexity index is 551. The summed E-state index contributed by atoms with van der Waals surface area (Å²) < 4.78 is 6.42. The summed E-state index contributed by atoms with van der Waals surface area (Å²) in [5.74, 6) is 0. The lowest BCUT2D eigenvalue weighted by Crippen LogP contribution is -2.43. The van der Waals surface area contributed by atoms with Crippen LogP contribution in [0.4, 0.5) is 0 Å². The number of aliphatic hydroxyl groups excluding tert-OH is 2. The number of aryl methyl sites for hydroxylation is 1. The second-order valence-corrected chi connectivity index (χ2v) is 4.29. The van der Waals surface area contributed by atoms with Crippen LogP contribution in [0.15, 0.2) is 15.8 Å². The Morgan fingerprint density at radius 1 is 1.56 bits per heavy atom. The molecule has 1 aromatic heterocycles. The van der Waals surface area contributed by atoms with Gasteiger partial charge in [0, 0.05) is 11.8 Å². The standard InChI is InChI=1S/C10H15N3O5/c1-4-2-13(10(17)12-8(4)16)9-6(11)7(15)5(3-14)18-9/h2,5-7,9,14-15H,3,11H2,1H3,(H,12,16,17)/t5-,6?,7?,9-/m1/s1. The largest absolute Gasteiger partial charge is 0.394 e. The molecule has 8 nitrogen and oxygen atoms in total. The summed E-state index contributed by atoms with van der Waals surface area (Å²) >= 11 is 0. The van der Waals surface area contributed by atoms with E-state index in [4.69, 9.17) is 15.6 Å². The van der Waals surface area contributed by atoms with Gasteiger partial charge in [0.1, 0.15) is 12.2 Å². The third kappa shape index (κ3) is 1.99. The quantitative estimate of drug-likeness (QED) is 0.460. The van der Waals surface area contributed by atoms with Crippen molar-refractivity contribution in [1.82, 2.24) is 9.55 Å². The summed E-state index contributed by atoms with van der Waals surface area (Å²) in [7, 11) is 0. The molecule has 4 atom stereocenters. The highest BCUT2D eigenvalue weighted by Crippen LogP contribution is 2.26. The Kier molecular flexibility index (Phi) is 3.35. The summed E-state index contributed by atoms with van der Waals surface area (Å²) in [5.41, 5.74) is 4.91. The molecule has 0 saturated carbocycles. The zero-order chi connectivity index (χ0) is 13.4. The lowest BCUT2D eigenvalue weighted by molar-refractivity contribution is -0.0465. The van der Waals surface area contributed by atoms with Crippen molar-refractivity contribution in [3.8, 4) is 0 Å². The fraction of sp³-hybridized carbons (Fsp3) is 0.600. The van der Waals surface area contributed by atoms with E-state index in [2.05, 4.69) is 4.98 Å². The van der Waals surface area contributed by atoms with Gasteiger partial charge in [0.15, 0.2) is 6.23 Å². The summed E-state index contributed by atoms with van der Waals surface area (Å²) in [4.78, 5) is 25.0. The second kappa shape index (κ2) is 4.65. The van der Waals surface area contributed by atoms with Crippen molar-refractivity contribution in [3.63, 3.8) is 0 Å². The van der Waals surface area contributed by atoms with Crippen molar-refractivity contribution in [2.45, 2.75) is 31.4 Å². The maximum atomic E-state index is 11.7. The SMILES string of the molecule is Cc1cn([C@@H]2O[C@H](CO)C(O)C2N)c(=O)[nH]c1=O. The van der Waals surface area contributed by atoms with Crippen molar-refractivity contribution in [3.05, 3.63) is 32.6 Å². The van der Waals surface area contributed by atoms with E-state index in [-0.39, 0.29) is 0 Å². The predicted molar refractivity (Wildman–Crippen MR) is 61.0 cm³/mol. The molecule has 1 fully saturated rings. The van der Waals surface area contributed by atoms with Gasteiger partial charge in [-0.3, -0.25) is 14.3 Å². The van der Waals surface area contributed by atoms with Crippen LogP contribution < -0.4 is 17.0 Å². The fourth-order valence-corrected chi connectivity index (χ4v) is 1.94. The van der Waals surface area contributed by atoms with E-state index in [1.54, 1.807) is 0 Å². The lowest BCUT2D eigenvalue weighted by Gasteiger charge is -2.18. The van der Waals surface area contributed by atoms with Crippen LogP contribution in [0.1, 0.15) is 11.8 Å². The molecule has 18 heavy (non-hydrogen) atoms. The third-order valence-corrected chi connectivity index (χ3v) is 3.02. The van der Waals surface area contributed by atoms with Crippen LogP contribution in [0.3, 0.4) is 0 Å². The molecular formula is C10H15N3O5. The van der Waals surface area contributed by atoms with Gasteiger partial charge in [-0.2, -0.15) is 0 Å². The Morgan fingerprint density at radius 2 is 2.22 bits per heavy atom. The van der Waals surface area contributed by atoms with Crippen LogP contribution in [0.5, 0.6) is 0 Å². The summed E-state index contributed by atoms with van der Waals surface area (Å²) in [6, 6.07) is -0.856. The average Bonchev–Trinajstić information content (AvgIpc) is 2.61. The van der Waals surface area contributed by atoms with Gasteiger partial charge in [-0.1, -0.05) is 0 Å². The van der Waals surface area contributed by atoms with E-state index < -0.39 is 42.3 Å². The van der Waals surface area contributed by atoms with Crippen LogP contribution in [-0.4, -0.2) is 44.6 Å². The first-order valence-corrected chi connectivity index (χ1v) is 5.47. The molecule has 5 N–H and O–H groups in total. The molecule has 8 heteroatoms. The molecule has 1 aliphatic heterocycles. The highest BCUT2D eigenvalue weighted by molar-refractivity contribution is 5.03. The normalized spacial score (nSPS) is 31.8. The van der Waals surface area contributed by atoms with Gasteiger partial charge in [0.2, 0.25) is 0 Å². The number of rotatable bonds is 2. The van der Waals surface area contributed by atoms with Gasteiger partial charge in [0.05, 0.1) is 12.6 Å². The zero-order valence-electron chi connectivity index (χ0n) is 9.74. The number of nitrogens with two attached hydrogens (primary N) is 1. The number of aliphatic hydroxyl groups is 2. The Labute approximate surface area is 102 Å². The molecule has 2 heterocycles. The number of nitrogens with one attached hydrogen (secondary N) is 1. The second-order valence-electron chi connectivity index (χ2n) is 4.29. The van der Waals surface area contributed by atoms with Crippen molar-refractivity contribution in [2.24, 2.45) is 5.73 Å². The number of ether oxygens (including phenoxy) is 1. The van der Waals surface area contributed by atoms with Gasteiger partial charge in [-0.25, -0.2) is 4.79 Å². The van der Waals surface area contributed by atoms with Crippen molar-refractivity contribution in [2.75, 3.05) is 6.61 Å². The minimum Gasteiger partial charge on any atom is -0.394 e. The summed E-state index contributed by atoms with van der Waals surface area (Å²) in [6.45, 7) is 1.14. The fourth-order valence-electron chi connectivity index (χ4n) is 1.94. The average molecular weight is 257 g/mol. The van der Waals surface area contributed by atoms with E-state index in [1.807, 2.05) is 0 Å². The van der Waals surface area contributed by atoms with Crippen LogP contribution in [0, 0.1) is 6.92 Å². The number of aromatic nitrogens is 2. The Hall–Kier alpha value is -1.48. The highest BCUT2D eigenvalue weighted by atomic mass is 16.5. The first-order chi connectivity index (χ1) is 8.45. The number of hydrogen-bond acceptors (Lipinski definition) is 6.